The molecule has 22 heavy (non-hydrogen) atoms. The van der Waals surface area contributed by atoms with Crippen molar-refractivity contribution in [3.05, 3.63) is 24.3 Å². The minimum absolute atomic E-state index is 0.221. The summed E-state index contributed by atoms with van der Waals surface area (Å²) in [7, 11) is 0. The van der Waals surface area contributed by atoms with Crippen molar-refractivity contribution >= 4 is 11.8 Å². The Labute approximate surface area is 132 Å². The van der Waals surface area contributed by atoms with Gasteiger partial charge in [-0.1, -0.05) is 0 Å². The maximum Gasteiger partial charge on any atom is 0.410 e. The molecule has 1 aliphatic heterocycles. The minimum Gasteiger partial charge on any atom is -0.508 e. The predicted octanol–water partition coefficient (Wildman–Crippen LogP) is 3.45. The molecule has 5 nitrogen and oxygen atoms in total. The number of aromatic hydroxyl groups is 1. The molecule has 0 spiro atoms. The Morgan fingerprint density at radius 3 is 2.68 bits per heavy atom. The van der Waals surface area contributed by atoms with E-state index in [2.05, 4.69) is 5.32 Å². The summed E-state index contributed by atoms with van der Waals surface area (Å²) in [4.78, 5) is 13.9. The van der Waals surface area contributed by atoms with Gasteiger partial charge >= 0.3 is 6.09 Å². The van der Waals surface area contributed by atoms with Crippen molar-refractivity contribution in [1.29, 1.82) is 0 Å². The van der Waals surface area contributed by atoms with Gasteiger partial charge in [-0.3, -0.25) is 0 Å². The molecular formula is C17H26N2O3. The van der Waals surface area contributed by atoms with Crippen LogP contribution < -0.4 is 5.32 Å². The molecule has 2 N–H and O–H groups in total. The molecule has 5 heteroatoms. The zero-order chi connectivity index (χ0) is 16.2. The number of likely N-dealkylation sites (tertiary alicyclic amines) is 1. The number of phenols is 1. The second kappa shape index (κ2) is 6.90. The molecule has 0 aromatic heterocycles. The molecule has 1 unspecified atom stereocenters. The van der Waals surface area contributed by atoms with Gasteiger partial charge in [-0.25, -0.2) is 4.79 Å². The van der Waals surface area contributed by atoms with Crippen LogP contribution in [0.4, 0.5) is 10.5 Å². The molecule has 122 valence electrons. The number of benzene rings is 1. The monoisotopic (exact) mass is 306 g/mol. The molecule has 1 heterocycles. The number of ether oxygens (including phenoxy) is 1. The number of nitrogens with zero attached hydrogens (tertiary/aromatic N) is 1. The normalized spacial score (nSPS) is 18.9. The Balaban J connectivity index is 1.82. The van der Waals surface area contributed by atoms with Crippen LogP contribution in [0, 0.1) is 5.92 Å². The molecule has 0 radical (unpaired) electrons. The van der Waals surface area contributed by atoms with Crippen LogP contribution in [0.15, 0.2) is 24.3 Å². The summed E-state index contributed by atoms with van der Waals surface area (Å²) in [5, 5.41) is 12.6. The smallest absolute Gasteiger partial charge is 0.410 e. The summed E-state index contributed by atoms with van der Waals surface area (Å²) in [5.74, 6) is 0.675. The highest BCUT2D eigenvalue weighted by Gasteiger charge is 2.27. The third kappa shape index (κ3) is 5.13. The molecule has 1 saturated heterocycles. The fraction of sp³-hybridized carbons (Fsp3) is 0.588. The first-order chi connectivity index (χ1) is 10.3. The Kier molecular flexibility index (Phi) is 5.16. The van der Waals surface area contributed by atoms with Crippen LogP contribution in [0.1, 0.15) is 33.6 Å². The first kappa shape index (κ1) is 16.5. The number of rotatable bonds is 3. The van der Waals surface area contributed by atoms with Crippen molar-refractivity contribution in [3.8, 4) is 5.75 Å². The van der Waals surface area contributed by atoms with E-state index < -0.39 is 5.60 Å². The Morgan fingerprint density at radius 1 is 1.36 bits per heavy atom. The van der Waals surface area contributed by atoms with Gasteiger partial charge in [0, 0.05) is 25.3 Å². The summed E-state index contributed by atoms with van der Waals surface area (Å²) in [6.45, 7) is 7.96. The average Bonchev–Trinajstić information content (AvgIpc) is 2.45. The standard InChI is InChI=1S/C17H26N2O3/c1-17(2,3)22-16(21)19-10-4-5-13(12-19)11-18-14-6-8-15(20)9-7-14/h6-9,13,18,20H,4-5,10-12H2,1-3H3. The third-order valence-corrected chi connectivity index (χ3v) is 3.63. The number of phenolic OH excluding ortho intramolecular Hbond substituents is 1. The average molecular weight is 306 g/mol. The van der Waals surface area contributed by atoms with Crippen molar-refractivity contribution in [2.24, 2.45) is 5.92 Å². The number of hydrogen-bond acceptors (Lipinski definition) is 4. The summed E-state index contributed by atoms with van der Waals surface area (Å²) in [5.41, 5.74) is 0.529. The Bertz CT molecular complexity index is 494. The maximum absolute atomic E-state index is 12.1. The second-order valence-corrected chi connectivity index (χ2v) is 6.86. The molecule has 1 aliphatic rings. The van der Waals surface area contributed by atoms with Gasteiger partial charge < -0.3 is 20.1 Å². The Morgan fingerprint density at radius 2 is 2.05 bits per heavy atom. The fourth-order valence-corrected chi connectivity index (χ4v) is 2.57. The summed E-state index contributed by atoms with van der Waals surface area (Å²) in [6.07, 6.45) is 1.88. The number of carbonyl (C=O) groups is 1. The molecule has 1 aromatic carbocycles. The number of carbonyl (C=O) groups excluding carboxylic acids is 1. The zero-order valence-electron chi connectivity index (χ0n) is 13.6. The van der Waals surface area contributed by atoms with Crippen LogP contribution in [-0.2, 0) is 4.74 Å². The van der Waals surface area contributed by atoms with E-state index in [0.717, 1.165) is 38.2 Å². The second-order valence-electron chi connectivity index (χ2n) is 6.86. The molecule has 0 bridgehead atoms. The van der Waals surface area contributed by atoms with Crippen LogP contribution in [0.5, 0.6) is 5.75 Å². The van der Waals surface area contributed by atoms with E-state index in [9.17, 15) is 9.90 Å². The van der Waals surface area contributed by atoms with E-state index in [0.29, 0.717) is 5.92 Å². The highest BCUT2D eigenvalue weighted by molar-refractivity contribution is 5.68. The molecule has 1 amide bonds. The molecule has 0 saturated carbocycles. The van der Waals surface area contributed by atoms with Crippen LogP contribution in [0.2, 0.25) is 0 Å². The van der Waals surface area contributed by atoms with Gasteiger partial charge in [-0.15, -0.1) is 0 Å². The lowest BCUT2D eigenvalue weighted by Crippen LogP contribution is -2.44. The highest BCUT2D eigenvalue weighted by atomic mass is 16.6. The Hall–Kier alpha value is -1.91. The quantitative estimate of drug-likeness (QED) is 0.840. The summed E-state index contributed by atoms with van der Waals surface area (Å²) < 4.78 is 5.44. The summed E-state index contributed by atoms with van der Waals surface area (Å²) >= 11 is 0. The van der Waals surface area contributed by atoms with E-state index in [1.807, 2.05) is 32.9 Å². The van der Waals surface area contributed by atoms with Gasteiger partial charge in [-0.2, -0.15) is 0 Å². The fourth-order valence-electron chi connectivity index (χ4n) is 2.57. The van der Waals surface area contributed by atoms with Gasteiger partial charge in [0.2, 0.25) is 0 Å². The van der Waals surface area contributed by atoms with Crippen molar-refractivity contribution in [3.63, 3.8) is 0 Å². The van der Waals surface area contributed by atoms with Crippen molar-refractivity contribution < 1.29 is 14.6 Å². The summed E-state index contributed by atoms with van der Waals surface area (Å²) in [6, 6.07) is 7.03. The number of amides is 1. The minimum atomic E-state index is -0.450. The largest absolute Gasteiger partial charge is 0.508 e. The number of anilines is 1. The zero-order valence-corrected chi connectivity index (χ0v) is 13.6. The van der Waals surface area contributed by atoms with Gasteiger partial charge in [-0.05, 0) is 63.8 Å². The van der Waals surface area contributed by atoms with Crippen LogP contribution in [0.3, 0.4) is 0 Å². The lowest BCUT2D eigenvalue weighted by molar-refractivity contribution is 0.0172. The van der Waals surface area contributed by atoms with Crippen LogP contribution in [-0.4, -0.2) is 41.3 Å². The molecule has 0 aliphatic carbocycles. The van der Waals surface area contributed by atoms with Crippen molar-refractivity contribution in [2.45, 2.75) is 39.2 Å². The molecule has 2 rings (SSSR count). The highest BCUT2D eigenvalue weighted by Crippen LogP contribution is 2.21. The third-order valence-electron chi connectivity index (χ3n) is 3.63. The van der Waals surface area contributed by atoms with Crippen LogP contribution in [0.25, 0.3) is 0 Å². The first-order valence-corrected chi connectivity index (χ1v) is 7.84. The van der Waals surface area contributed by atoms with E-state index in [-0.39, 0.29) is 11.8 Å². The predicted molar refractivity (Wildman–Crippen MR) is 87.1 cm³/mol. The van der Waals surface area contributed by atoms with Crippen molar-refractivity contribution in [2.75, 3.05) is 25.0 Å². The lowest BCUT2D eigenvalue weighted by Gasteiger charge is -2.34. The molecule has 1 aromatic rings. The molecule has 1 atom stereocenters. The SMILES string of the molecule is CC(C)(C)OC(=O)N1CCCC(CNc2ccc(O)cc2)C1. The van der Waals surface area contributed by atoms with Gasteiger partial charge in [0.05, 0.1) is 0 Å². The van der Waals surface area contributed by atoms with E-state index in [4.69, 9.17) is 4.74 Å². The van der Waals surface area contributed by atoms with E-state index in [1.54, 1.807) is 17.0 Å². The number of piperidine rings is 1. The maximum atomic E-state index is 12.1. The van der Waals surface area contributed by atoms with Gasteiger partial charge in [0.15, 0.2) is 0 Å². The molecular weight excluding hydrogens is 280 g/mol. The van der Waals surface area contributed by atoms with Crippen molar-refractivity contribution in [1.82, 2.24) is 4.90 Å². The number of hydrogen-bond donors (Lipinski definition) is 2. The molecule has 1 fully saturated rings. The lowest BCUT2D eigenvalue weighted by atomic mass is 9.98. The van der Waals surface area contributed by atoms with E-state index >= 15 is 0 Å². The topological polar surface area (TPSA) is 61.8 Å². The number of nitrogens with one attached hydrogen (secondary N) is 1. The van der Waals surface area contributed by atoms with Gasteiger partial charge in [0.25, 0.3) is 0 Å². The van der Waals surface area contributed by atoms with Crippen LogP contribution >= 0.6 is 0 Å². The first-order valence-electron chi connectivity index (χ1n) is 7.84. The van der Waals surface area contributed by atoms with E-state index in [1.165, 1.54) is 0 Å². The van der Waals surface area contributed by atoms with Gasteiger partial charge in [0.1, 0.15) is 11.4 Å².